The molecule has 1 saturated heterocycles. The maximum absolute atomic E-state index is 13.0. The van der Waals surface area contributed by atoms with E-state index in [1.165, 1.54) is 0 Å². The normalized spacial score (nSPS) is 14.4. The molecule has 3 aromatic rings. The van der Waals surface area contributed by atoms with Crippen molar-refractivity contribution in [3.8, 4) is 11.5 Å². The highest BCUT2D eigenvalue weighted by molar-refractivity contribution is 6.06. The van der Waals surface area contributed by atoms with Gasteiger partial charge in [-0.15, -0.1) is 24.8 Å². The Kier molecular flexibility index (Phi) is 8.66. The first-order valence-corrected chi connectivity index (χ1v) is 9.77. The van der Waals surface area contributed by atoms with Gasteiger partial charge in [-0.25, -0.2) is 9.67 Å². The molecule has 0 aromatic carbocycles. The Morgan fingerprint density at radius 2 is 2.07 bits per heavy atom. The minimum absolute atomic E-state index is 0. The summed E-state index contributed by atoms with van der Waals surface area (Å²) in [6.07, 6.45) is 3.33. The van der Waals surface area contributed by atoms with Gasteiger partial charge in [0.2, 0.25) is 0 Å². The topological polar surface area (TPSA) is 88.2 Å². The standard InChI is InChI=1S/C20H26N6O2.2ClH/c1-14(2)26-19-16(13-23-26)15(12-17(24-19)18-4-3-11-28-18)20(27)22-7-10-25-8-5-21-6-9-25;;/h3-4,11-14,21H,5-10H2,1-2H3,(H,22,27);2*1H. The molecular weight excluding hydrogens is 427 g/mol. The van der Waals surface area contributed by atoms with Gasteiger partial charge in [0.05, 0.1) is 23.4 Å². The predicted molar refractivity (Wildman–Crippen MR) is 122 cm³/mol. The van der Waals surface area contributed by atoms with E-state index >= 15 is 0 Å². The average molecular weight is 455 g/mol. The third-order valence-electron chi connectivity index (χ3n) is 5.00. The molecule has 0 atom stereocenters. The number of carbonyl (C=O) groups excluding carboxylic acids is 1. The van der Waals surface area contributed by atoms with Gasteiger partial charge in [-0.3, -0.25) is 9.69 Å². The summed E-state index contributed by atoms with van der Waals surface area (Å²) >= 11 is 0. The summed E-state index contributed by atoms with van der Waals surface area (Å²) < 4.78 is 7.34. The van der Waals surface area contributed by atoms with Crippen molar-refractivity contribution in [2.45, 2.75) is 19.9 Å². The number of nitrogens with zero attached hydrogens (tertiary/aromatic N) is 4. The summed E-state index contributed by atoms with van der Waals surface area (Å²) in [5, 5.41) is 11.6. The van der Waals surface area contributed by atoms with Crippen LogP contribution in [0.25, 0.3) is 22.5 Å². The van der Waals surface area contributed by atoms with Crippen LogP contribution in [-0.4, -0.2) is 64.8 Å². The lowest BCUT2D eigenvalue weighted by molar-refractivity contribution is 0.0949. The van der Waals surface area contributed by atoms with Crippen LogP contribution in [0.2, 0.25) is 0 Å². The van der Waals surface area contributed by atoms with Crippen LogP contribution in [0.5, 0.6) is 0 Å². The van der Waals surface area contributed by atoms with Gasteiger partial charge in [-0.1, -0.05) is 0 Å². The van der Waals surface area contributed by atoms with E-state index < -0.39 is 0 Å². The van der Waals surface area contributed by atoms with Crippen molar-refractivity contribution in [1.82, 2.24) is 30.3 Å². The van der Waals surface area contributed by atoms with Crippen molar-refractivity contribution in [3.63, 3.8) is 0 Å². The third kappa shape index (κ3) is 5.13. The lowest BCUT2D eigenvalue weighted by atomic mass is 10.1. The molecule has 1 aliphatic heterocycles. The van der Waals surface area contributed by atoms with Crippen LogP contribution in [0.1, 0.15) is 30.2 Å². The molecule has 1 fully saturated rings. The number of hydrogen-bond acceptors (Lipinski definition) is 6. The fourth-order valence-electron chi connectivity index (χ4n) is 3.49. The van der Waals surface area contributed by atoms with E-state index in [0.29, 0.717) is 29.2 Å². The van der Waals surface area contributed by atoms with Gasteiger partial charge in [0, 0.05) is 45.3 Å². The van der Waals surface area contributed by atoms with E-state index in [2.05, 4.69) is 20.6 Å². The number of nitrogens with one attached hydrogen (secondary N) is 2. The predicted octanol–water partition coefficient (Wildman–Crippen LogP) is 2.75. The number of fused-ring (bicyclic) bond motifs is 1. The molecular formula is C20H28Cl2N6O2. The number of rotatable bonds is 6. The minimum atomic E-state index is -0.112. The van der Waals surface area contributed by atoms with Gasteiger partial charge in [-0.05, 0) is 32.0 Å². The fraction of sp³-hybridized carbons (Fsp3) is 0.450. The molecule has 0 spiro atoms. The van der Waals surface area contributed by atoms with E-state index in [-0.39, 0.29) is 36.8 Å². The molecule has 8 nitrogen and oxygen atoms in total. The van der Waals surface area contributed by atoms with Gasteiger partial charge >= 0.3 is 0 Å². The molecule has 164 valence electrons. The van der Waals surface area contributed by atoms with Crippen LogP contribution in [0.15, 0.2) is 35.1 Å². The Bertz CT molecular complexity index is 952. The second-order valence-corrected chi connectivity index (χ2v) is 7.30. The molecule has 1 aliphatic rings. The zero-order chi connectivity index (χ0) is 19.5. The number of aromatic nitrogens is 3. The molecule has 0 unspecified atom stereocenters. The number of piperazine rings is 1. The Balaban J connectivity index is 0.00000160. The molecule has 4 heterocycles. The number of carbonyl (C=O) groups is 1. The van der Waals surface area contributed by atoms with Gasteiger partial charge in [0.25, 0.3) is 5.91 Å². The second kappa shape index (κ2) is 10.8. The molecule has 3 aromatic heterocycles. The number of halogens is 2. The zero-order valence-electron chi connectivity index (χ0n) is 17.1. The van der Waals surface area contributed by atoms with Gasteiger partial charge in [0.15, 0.2) is 11.4 Å². The van der Waals surface area contributed by atoms with E-state index in [1.54, 1.807) is 18.5 Å². The molecule has 10 heteroatoms. The maximum Gasteiger partial charge on any atom is 0.252 e. The van der Waals surface area contributed by atoms with Crippen molar-refractivity contribution in [2.75, 3.05) is 39.3 Å². The summed E-state index contributed by atoms with van der Waals surface area (Å²) in [7, 11) is 0. The summed E-state index contributed by atoms with van der Waals surface area (Å²) in [4.78, 5) is 20.0. The third-order valence-corrected chi connectivity index (χ3v) is 5.00. The average Bonchev–Trinajstić information content (AvgIpc) is 3.37. The SMILES string of the molecule is CC(C)n1ncc2c(C(=O)NCCN3CCNCC3)cc(-c3ccco3)nc21.Cl.Cl. The summed E-state index contributed by atoms with van der Waals surface area (Å²) in [5.41, 5.74) is 1.90. The lowest BCUT2D eigenvalue weighted by Gasteiger charge is -2.27. The monoisotopic (exact) mass is 454 g/mol. The Labute approximate surface area is 188 Å². The fourth-order valence-corrected chi connectivity index (χ4v) is 3.49. The molecule has 4 rings (SSSR count). The number of hydrogen-bond donors (Lipinski definition) is 2. The largest absolute Gasteiger partial charge is 0.463 e. The summed E-state index contributed by atoms with van der Waals surface area (Å²) in [5.74, 6) is 0.520. The van der Waals surface area contributed by atoms with E-state index in [9.17, 15) is 4.79 Å². The van der Waals surface area contributed by atoms with E-state index in [1.807, 2.05) is 30.7 Å². The molecule has 30 heavy (non-hydrogen) atoms. The molecule has 0 saturated carbocycles. The Hall–Kier alpha value is -2.13. The van der Waals surface area contributed by atoms with Crippen LogP contribution >= 0.6 is 24.8 Å². The van der Waals surface area contributed by atoms with Crippen molar-refractivity contribution >= 4 is 41.8 Å². The summed E-state index contributed by atoms with van der Waals surface area (Å²) in [6, 6.07) is 5.58. The zero-order valence-corrected chi connectivity index (χ0v) is 18.8. The smallest absolute Gasteiger partial charge is 0.252 e. The van der Waals surface area contributed by atoms with Gasteiger partial charge in [-0.2, -0.15) is 5.10 Å². The van der Waals surface area contributed by atoms with E-state index in [0.717, 1.165) is 38.1 Å². The van der Waals surface area contributed by atoms with Crippen LogP contribution < -0.4 is 10.6 Å². The van der Waals surface area contributed by atoms with E-state index in [4.69, 9.17) is 9.40 Å². The van der Waals surface area contributed by atoms with Crippen molar-refractivity contribution < 1.29 is 9.21 Å². The first-order valence-electron chi connectivity index (χ1n) is 9.77. The first-order chi connectivity index (χ1) is 13.6. The Morgan fingerprint density at radius 1 is 1.30 bits per heavy atom. The Morgan fingerprint density at radius 3 is 2.73 bits per heavy atom. The van der Waals surface area contributed by atoms with Crippen molar-refractivity contribution in [2.24, 2.45) is 0 Å². The number of amides is 1. The highest BCUT2D eigenvalue weighted by atomic mass is 35.5. The highest BCUT2D eigenvalue weighted by Gasteiger charge is 2.19. The molecule has 0 radical (unpaired) electrons. The molecule has 0 aliphatic carbocycles. The molecule has 0 bridgehead atoms. The quantitative estimate of drug-likeness (QED) is 0.595. The van der Waals surface area contributed by atoms with Gasteiger partial charge in [0.1, 0.15) is 5.69 Å². The van der Waals surface area contributed by atoms with Crippen LogP contribution in [0, 0.1) is 0 Å². The number of pyridine rings is 1. The molecule has 1 amide bonds. The van der Waals surface area contributed by atoms with Crippen molar-refractivity contribution in [3.05, 3.63) is 36.2 Å². The lowest BCUT2D eigenvalue weighted by Crippen LogP contribution is -2.46. The second-order valence-electron chi connectivity index (χ2n) is 7.30. The minimum Gasteiger partial charge on any atom is -0.463 e. The summed E-state index contributed by atoms with van der Waals surface area (Å²) in [6.45, 7) is 9.56. The van der Waals surface area contributed by atoms with Crippen LogP contribution in [0.4, 0.5) is 0 Å². The van der Waals surface area contributed by atoms with Crippen LogP contribution in [-0.2, 0) is 0 Å². The number of furan rings is 1. The maximum atomic E-state index is 13.0. The highest BCUT2D eigenvalue weighted by Crippen LogP contribution is 2.26. The van der Waals surface area contributed by atoms with Crippen LogP contribution in [0.3, 0.4) is 0 Å². The van der Waals surface area contributed by atoms with Crippen molar-refractivity contribution in [1.29, 1.82) is 0 Å². The first kappa shape index (κ1) is 24.1. The molecule has 2 N–H and O–H groups in total. The van der Waals surface area contributed by atoms with Gasteiger partial charge < -0.3 is 15.1 Å².